The first-order chi connectivity index (χ1) is 13.0. The van der Waals surface area contributed by atoms with Crippen LogP contribution in [0.1, 0.15) is 39.0 Å². The number of benzene rings is 1. The normalized spacial score (nSPS) is 19.5. The second-order valence-electron chi connectivity index (χ2n) is 7.31. The topological polar surface area (TPSA) is 61.9 Å². The third kappa shape index (κ3) is 5.51. The van der Waals surface area contributed by atoms with Gasteiger partial charge in [-0.2, -0.15) is 0 Å². The lowest BCUT2D eigenvalue weighted by Gasteiger charge is -2.36. The summed E-state index contributed by atoms with van der Waals surface area (Å²) < 4.78 is 5.72. The Kier molecular flexibility index (Phi) is 6.83. The number of carbonyl (C=O) groups excluding carboxylic acids is 2. The van der Waals surface area contributed by atoms with Crippen molar-refractivity contribution in [1.82, 2.24) is 15.1 Å². The van der Waals surface area contributed by atoms with E-state index in [2.05, 4.69) is 5.32 Å². The summed E-state index contributed by atoms with van der Waals surface area (Å²) in [6, 6.07) is 7.33. The van der Waals surface area contributed by atoms with Crippen molar-refractivity contribution in [2.45, 2.75) is 51.2 Å². The molecule has 1 heterocycles. The third-order valence-electron chi connectivity index (χ3n) is 5.27. The van der Waals surface area contributed by atoms with Crippen LogP contribution in [0.2, 0.25) is 5.02 Å². The lowest BCUT2D eigenvalue weighted by atomic mass is 9.96. The van der Waals surface area contributed by atoms with Crippen molar-refractivity contribution in [3.05, 3.63) is 29.3 Å². The molecular formula is C20H28ClN3O3. The molecule has 27 heavy (non-hydrogen) atoms. The predicted octanol–water partition coefficient (Wildman–Crippen LogP) is 3.29. The molecular weight excluding hydrogens is 366 g/mol. The van der Waals surface area contributed by atoms with Crippen LogP contribution in [-0.4, -0.2) is 60.1 Å². The molecule has 2 fully saturated rings. The highest BCUT2D eigenvalue weighted by Crippen LogP contribution is 2.20. The van der Waals surface area contributed by atoms with E-state index < -0.39 is 6.10 Å². The average Bonchev–Trinajstić information content (AvgIpc) is 2.68. The van der Waals surface area contributed by atoms with Crippen LogP contribution in [0.5, 0.6) is 5.75 Å². The zero-order valence-corrected chi connectivity index (χ0v) is 16.6. The molecule has 0 radical (unpaired) electrons. The van der Waals surface area contributed by atoms with Crippen molar-refractivity contribution >= 4 is 23.5 Å². The molecule has 1 unspecified atom stereocenters. The zero-order chi connectivity index (χ0) is 19.2. The monoisotopic (exact) mass is 393 g/mol. The van der Waals surface area contributed by atoms with Crippen LogP contribution in [0, 0.1) is 0 Å². The molecule has 7 heteroatoms. The summed E-state index contributed by atoms with van der Waals surface area (Å²) in [5.74, 6) is 0.510. The fraction of sp³-hybridized carbons (Fsp3) is 0.600. The highest BCUT2D eigenvalue weighted by Gasteiger charge is 2.28. The molecule has 1 aromatic rings. The molecule has 6 nitrogen and oxygen atoms in total. The third-order valence-corrected chi connectivity index (χ3v) is 5.50. The van der Waals surface area contributed by atoms with Crippen LogP contribution in [0.3, 0.4) is 0 Å². The summed E-state index contributed by atoms with van der Waals surface area (Å²) in [7, 11) is 0. The Labute approximate surface area is 165 Å². The smallest absolute Gasteiger partial charge is 0.317 e. The Bertz CT molecular complexity index is 656. The molecule has 1 aromatic carbocycles. The molecule has 1 aliphatic carbocycles. The molecule has 1 saturated carbocycles. The first kappa shape index (κ1) is 19.8. The molecule has 3 rings (SSSR count). The number of halogens is 1. The standard InChI is InChI=1S/C20H28ClN3O3/c1-15(27-18-9-5-6-16(21)14-18)19(25)23-10-12-24(13-11-23)20(26)22-17-7-3-2-4-8-17/h5-6,9,14-15,17H,2-4,7-8,10-13H2,1H3,(H,22,26). The molecule has 1 N–H and O–H groups in total. The summed E-state index contributed by atoms with van der Waals surface area (Å²) in [5, 5.41) is 3.71. The van der Waals surface area contributed by atoms with Crippen molar-refractivity contribution in [2.75, 3.05) is 26.2 Å². The maximum absolute atomic E-state index is 12.6. The van der Waals surface area contributed by atoms with Gasteiger partial charge < -0.3 is 19.9 Å². The number of nitrogens with zero attached hydrogens (tertiary/aromatic N) is 2. The molecule has 3 amide bonds. The van der Waals surface area contributed by atoms with Crippen molar-refractivity contribution < 1.29 is 14.3 Å². The van der Waals surface area contributed by atoms with Gasteiger partial charge in [0.05, 0.1) is 0 Å². The van der Waals surface area contributed by atoms with Crippen LogP contribution in [0.25, 0.3) is 0 Å². The maximum Gasteiger partial charge on any atom is 0.317 e. The van der Waals surface area contributed by atoms with Gasteiger partial charge in [-0.1, -0.05) is 36.9 Å². The first-order valence-corrected chi connectivity index (χ1v) is 10.2. The van der Waals surface area contributed by atoms with Gasteiger partial charge in [0, 0.05) is 37.2 Å². The lowest BCUT2D eigenvalue weighted by Crippen LogP contribution is -2.56. The van der Waals surface area contributed by atoms with Crippen LogP contribution < -0.4 is 10.1 Å². The van der Waals surface area contributed by atoms with E-state index in [-0.39, 0.29) is 11.9 Å². The highest BCUT2D eigenvalue weighted by molar-refractivity contribution is 6.30. The molecule has 148 valence electrons. The molecule has 2 aliphatic rings. The molecule has 1 aliphatic heterocycles. The first-order valence-electron chi connectivity index (χ1n) is 9.79. The van der Waals surface area contributed by atoms with Gasteiger partial charge in [-0.15, -0.1) is 0 Å². The summed E-state index contributed by atoms with van der Waals surface area (Å²) >= 11 is 5.95. The second-order valence-corrected chi connectivity index (χ2v) is 7.75. The molecule has 1 atom stereocenters. The lowest BCUT2D eigenvalue weighted by molar-refractivity contribution is -0.139. The van der Waals surface area contributed by atoms with E-state index in [4.69, 9.17) is 16.3 Å². The number of hydrogen-bond acceptors (Lipinski definition) is 3. The van der Waals surface area contributed by atoms with Crippen molar-refractivity contribution in [3.63, 3.8) is 0 Å². The van der Waals surface area contributed by atoms with Gasteiger partial charge in [-0.3, -0.25) is 4.79 Å². The van der Waals surface area contributed by atoms with E-state index >= 15 is 0 Å². The van der Waals surface area contributed by atoms with Crippen LogP contribution in [0.15, 0.2) is 24.3 Å². The number of piperazine rings is 1. The zero-order valence-electron chi connectivity index (χ0n) is 15.8. The van der Waals surface area contributed by atoms with Crippen molar-refractivity contribution in [3.8, 4) is 5.75 Å². The van der Waals surface area contributed by atoms with Crippen molar-refractivity contribution in [2.24, 2.45) is 0 Å². The quantitative estimate of drug-likeness (QED) is 0.853. The van der Waals surface area contributed by atoms with Gasteiger partial charge in [-0.05, 0) is 38.0 Å². The largest absolute Gasteiger partial charge is 0.481 e. The summed E-state index contributed by atoms with van der Waals surface area (Å²) in [6.07, 6.45) is 5.20. The van der Waals surface area contributed by atoms with Crippen LogP contribution in [-0.2, 0) is 4.79 Å². The fourth-order valence-electron chi connectivity index (χ4n) is 3.69. The Hall–Kier alpha value is -1.95. The van der Waals surface area contributed by atoms with Gasteiger partial charge in [0.2, 0.25) is 0 Å². The number of carbonyl (C=O) groups is 2. The summed E-state index contributed by atoms with van der Waals surface area (Å²) in [5.41, 5.74) is 0. The predicted molar refractivity (Wildman–Crippen MR) is 105 cm³/mol. The minimum atomic E-state index is -0.592. The number of hydrogen-bond donors (Lipinski definition) is 1. The minimum absolute atomic E-state index is 0.00257. The second kappa shape index (κ2) is 9.31. The highest BCUT2D eigenvalue weighted by atomic mass is 35.5. The number of urea groups is 1. The van der Waals surface area contributed by atoms with Gasteiger partial charge >= 0.3 is 6.03 Å². The van der Waals surface area contributed by atoms with Crippen LogP contribution >= 0.6 is 11.6 Å². The average molecular weight is 394 g/mol. The Morgan fingerprint density at radius 3 is 2.44 bits per heavy atom. The number of nitrogens with one attached hydrogen (secondary N) is 1. The Morgan fingerprint density at radius 2 is 1.78 bits per heavy atom. The number of amides is 3. The maximum atomic E-state index is 12.6. The van der Waals surface area contributed by atoms with E-state index in [1.54, 1.807) is 41.0 Å². The van der Waals surface area contributed by atoms with E-state index in [1.165, 1.54) is 19.3 Å². The Morgan fingerprint density at radius 1 is 1.11 bits per heavy atom. The number of ether oxygens (including phenoxy) is 1. The van der Waals surface area contributed by atoms with Gasteiger partial charge in [0.25, 0.3) is 5.91 Å². The Balaban J connectivity index is 1.44. The minimum Gasteiger partial charge on any atom is -0.481 e. The van der Waals surface area contributed by atoms with Crippen molar-refractivity contribution in [1.29, 1.82) is 0 Å². The van der Waals surface area contributed by atoms with Gasteiger partial charge in [-0.25, -0.2) is 4.79 Å². The summed E-state index contributed by atoms with van der Waals surface area (Å²) in [4.78, 5) is 28.6. The SMILES string of the molecule is CC(Oc1cccc(Cl)c1)C(=O)N1CCN(C(=O)NC2CCCCC2)CC1. The fourth-order valence-corrected chi connectivity index (χ4v) is 3.87. The number of rotatable bonds is 4. The van der Waals surface area contributed by atoms with Gasteiger partial charge in [0.1, 0.15) is 5.75 Å². The molecule has 0 bridgehead atoms. The van der Waals surface area contributed by atoms with Crippen LogP contribution in [0.4, 0.5) is 4.79 Å². The van der Waals surface area contributed by atoms with E-state index in [1.807, 2.05) is 0 Å². The van der Waals surface area contributed by atoms with E-state index in [0.29, 0.717) is 43.0 Å². The van der Waals surface area contributed by atoms with E-state index in [0.717, 1.165) is 12.8 Å². The summed E-state index contributed by atoms with van der Waals surface area (Å²) in [6.45, 7) is 3.90. The molecule has 0 spiro atoms. The molecule has 1 saturated heterocycles. The van der Waals surface area contributed by atoms with Gasteiger partial charge in [0.15, 0.2) is 6.10 Å². The molecule has 0 aromatic heterocycles. The van der Waals surface area contributed by atoms with E-state index in [9.17, 15) is 9.59 Å².